The van der Waals surface area contributed by atoms with E-state index < -0.39 is 18.1 Å². The Kier molecular flexibility index (Phi) is 1.42. The minimum Gasteiger partial charge on any atom is -0.391 e. The zero-order valence-corrected chi connectivity index (χ0v) is 5.07. The third kappa shape index (κ3) is 1.20. The molecule has 0 aromatic carbocycles. The number of hydrogen-bond acceptors (Lipinski definition) is 3. The number of epoxide rings is 1. The van der Waals surface area contributed by atoms with Crippen molar-refractivity contribution in [2.45, 2.75) is 25.2 Å². The molecule has 1 amide bonds. The molecule has 0 saturated carbocycles. The normalized spacial score (nSPS) is 35.8. The lowest BCUT2D eigenvalue weighted by Gasteiger charge is -1.93. The Bertz CT molecular complexity index is 134. The van der Waals surface area contributed by atoms with Gasteiger partial charge in [-0.15, -0.1) is 0 Å². The highest BCUT2D eigenvalue weighted by atomic mass is 16.6. The molecule has 0 radical (unpaired) electrons. The molecule has 4 heteroatoms. The second-order valence-corrected chi connectivity index (χ2v) is 2.16. The molecule has 1 saturated heterocycles. The van der Waals surface area contributed by atoms with E-state index in [-0.39, 0.29) is 6.10 Å². The SMILES string of the molecule is C[C@H](O)[C@@H]1O[C@@H]1C(N)=O. The second kappa shape index (κ2) is 1.97. The first kappa shape index (κ1) is 6.51. The first-order valence-corrected chi connectivity index (χ1v) is 2.76. The van der Waals surface area contributed by atoms with Crippen LogP contribution >= 0.6 is 0 Å². The molecule has 4 nitrogen and oxygen atoms in total. The predicted molar refractivity (Wildman–Crippen MR) is 29.5 cm³/mol. The number of carbonyl (C=O) groups is 1. The molecule has 0 aliphatic carbocycles. The highest BCUT2D eigenvalue weighted by Crippen LogP contribution is 2.24. The van der Waals surface area contributed by atoms with Crippen LogP contribution in [0.1, 0.15) is 6.92 Å². The van der Waals surface area contributed by atoms with Crippen molar-refractivity contribution < 1.29 is 14.6 Å². The molecule has 1 heterocycles. The summed E-state index contributed by atoms with van der Waals surface area (Å²) in [6.45, 7) is 1.56. The topological polar surface area (TPSA) is 75.8 Å². The maximum absolute atomic E-state index is 10.3. The zero-order valence-electron chi connectivity index (χ0n) is 5.07. The van der Waals surface area contributed by atoms with Gasteiger partial charge in [-0.05, 0) is 6.92 Å². The van der Waals surface area contributed by atoms with Crippen LogP contribution in [-0.2, 0) is 9.53 Å². The van der Waals surface area contributed by atoms with Crippen LogP contribution in [0.4, 0.5) is 0 Å². The average molecular weight is 131 g/mol. The van der Waals surface area contributed by atoms with Gasteiger partial charge in [0.05, 0.1) is 6.10 Å². The first-order valence-electron chi connectivity index (χ1n) is 2.76. The van der Waals surface area contributed by atoms with Crippen LogP contribution in [0.25, 0.3) is 0 Å². The number of carbonyl (C=O) groups excluding carboxylic acids is 1. The summed E-state index contributed by atoms with van der Waals surface area (Å²) in [6.07, 6.45) is -1.50. The fourth-order valence-electron chi connectivity index (χ4n) is 0.720. The summed E-state index contributed by atoms with van der Waals surface area (Å²) in [7, 11) is 0. The number of nitrogens with two attached hydrogens (primary N) is 1. The molecule has 1 aliphatic rings. The summed E-state index contributed by atoms with van der Waals surface area (Å²) in [6, 6.07) is 0. The van der Waals surface area contributed by atoms with Crippen LogP contribution in [0.3, 0.4) is 0 Å². The quantitative estimate of drug-likeness (QED) is 0.453. The van der Waals surface area contributed by atoms with E-state index in [1.165, 1.54) is 0 Å². The Morgan fingerprint density at radius 1 is 1.89 bits per heavy atom. The van der Waals surface area contributed by atoms with Crippen LogP contribution in [0.15, 0.2) is 0 Å². The van der Waals surface area contributed by atoms with Crippen LogP contribution in [0, 0.1) is 0 Å². The molecule has 3 N–H and O–H groups in total. The summed E-state index contributed by atoms with van der Waals surface area (Å²) in [5.41, 5.74) is 4.85. The summed E-state index contributed by atoms with van der Waals surface area (Å²) in [4.78, 5) is 10.3. The van der Waals surface area contributed by atoms with Gasteiger partial charge in [-0.3, -0.25) is 4.79 Å². The zero-order chi connectivity index (χ0) is 7.02. The number of rotatable bonds is 2. The molecule has 9 heavy (non-hydrogen) atoms. The van der Waals surface area contributed by atoms with Gasteiger partial charge in [0.1, 0.15) is 6.10 Å². The highest BCUT2D eigenvalue weighted by molar-refractivity contribution is 5.81. The number of hydrogen-bond donors (Lipinski definition) is 2. The van der Waals surface area contributed by atoms with Gasteiger partial charge in [0.2, 0.25) is 5.91 Å². The van der Waals surface area contributed by atoms with E-state index in [9.17, 15) is 4.79 Å². The largest absolute Gasteiger partial charge is 0.391 e. The van der Waals surface area contributed by atoms with E-state index in [0.29, 0.717) is 0 Å². The van der Waals surface area contributed by atoms with E-state index in [4.69, 9.17) is 15.6 Å². The molecule has 0 aromatic heterocycles. The minimum atomic E-state index is -0.595. The van der Waals surface area contributed by atoms with Gasteiger partial charge in [0, 0.05) is 0 Å². The predicted octanol–water partition coefficient (Wildman–Crippen LogP) is -1.38. The molecule has 3 atom stereocenters. The van der Waals surface area contributed by atoms with Crippen molar-refractivity contribution in [3.8, 4) is 0 Å². The number of primary amides is 1. The van der Waals surface area contributed by atoms with E-state index in [2.05, 4.69) is 0 Å². The van der Waals surface area contributed by atoms with Gasteiger partial charge < -0.3 is 15.6 Å². The van der Waals surface area contributed by atoms with Gasteiger partial charge in [0.15, 0.2) is 6.10 Å². The van der Waals surface area contributed by atoms with Crippen molar-refractivity contribution in [1.82, 2.24) is 0 Å². The Balaban J connectivity index is 2.33. The molecular weight excluding hydrogens is 122 g/mol. The number of amides is 1. The molecule has 1 aliphatic heterocycles. The second-order valence-electron chi connectivity index (χ2n) is 2.16. The van der Waals surface area contributed by atoms with Gasteiger partial charge in [-0.2, -0.15) is 0 Å². The van der Waals surface area contributed by atoms with Crippen molar-refractivity contribution in [3.63, 3.8) is 0 Å². The molecule has 52 valence electrons. The fourth-order valence-corrected chi connectivity index (χ4v) is 0.720. The van der Waals surface area contributed by atoms with Crippen molar-refractivity contribution in [2.75, 3.05) is 0 Å². The Morgan fingerprint density at radius 3 is 2.56 bits per heavy atom. The molecule has 1 fully saturated rings. The lowest BCUT2D eigenvalue weighted by atomic mass is 10.2. The van der Waals surface area contributed by atoms with Crippen molar-refractivity contribution >= 4 is 5.91 Å². The molecule has 1 rings (SSSR count). The number of aliphatic hydroxyl groups is 1. The van der Waals surface area contributed by atoms with E-state index >= 15 is 0 Å². The average Bonchev–Trinajstić information content (AvgIpc) is 2.39. The van der Waals surface area contributed by atoms with Gasteiger partial charge in [0.25, 0.3) is 0 Å². The molecule has 0 bridgehead atoms. The lowest BCUT2D eigenvalue weighted by Crippen LogP contribution is -2.23. The third-order valence-corrected chi connectivity index (χ3v) is 1.28. The Morgan fingerprint density at radius 2 is 2.44 bits per heavy atom. The maximum atomic E-state index is 10.3. The van der Waals surface area contributed by atoms with Gasteiger partial charge in [-0.1, -0.05) is 0 Å². The maximum Gasteiger partial charge on any atom is 0.249 e. The van der Waals surface area contributed by atoms with Gasteiger partial charge >= 0.3 is 0 Å². The molecule has 0 aromatic rings. The van der Waals surface area contributed by atoms with Crippen LogP contribution in [0.5, 0.6) is 0 Å². The lowest BCUT2D eigenvalue weighted by molar-refractivity contribution is -0.119. The smallest absolute Gasteiger partial charge is 0.249 e. The molecule has 0 unspecified atom stereocenters. The minimum absolute atomic E-state index is 0.359. The van der Waals surface area contributed by atoms with Crippen LogP contribution in [0.2, 0.25) is 0 Å². The van der Waals surface area contributed by atoms with Crippen molar-refractivity contribution in [1.29, 1.82) is 0 Å². The van der Waals surface area contributed by atoms with E-state index in [1.54, 1.807) is 6.92 Å². The van der Waals surface area contributed by atoms with E-state index in [0.717, 1.165) is 0 Å². The first-order chi connectivity index (χ1) is 4.13. The molecular formula is C5H9NO3. The third-order valence-electron chi connectivity index (χ3n) is 1.28. The Hall–Kier alpha value is -0.610. The standard InChI is InChI=1S/C5H9NO3/c1-2(7)3-4(9-3)5(6)8/h2-4,7H,1H3,(H2,6,8)/t2-,3-,4-/m0/s1. The summed E-state index contributed by atoms with van der Waals surface area (Å²) < 4.78 is 4.72. The number of aliphatic hydroxyl groups excluding tert-OH is 1. The summed E-state index contributed by atoms with van der Waals surface area (Å²) >= 11 is 0. The van der Waals surface area contributed by atoms with Crippen LogP contribution < -0.4 is 5.73 Å². The summed E-state index contributed by atoms with van der Waals surface area (Å²) in [5, 5.41) is 8.78. The fraction of sp³-hybridized carbons (Fsp3) is 0.800. The van der Waals surface area contributed by atoms with Crippen molar-refractivity contribution in [3.05, 3.63) is 0 Å². The monoisotopic (exact) mass is 131 g/mol. The molecule has 0 spiro atoms. The number of ether oxygens (including phenoxy) is 1. The summed E-state index contributed by atoms with van der Waals surface area (Å²) in [5.74, 6) is -0.499. The van der Waals surface area contributed by atoms with Gasteiger partial charge in [-0.25, -0.2) is 0 Å². The van der Waals surface area contributed by atoms with E-state index in [1.807, 2.05) is 0 Å². The van der Waals surface area contributed by atoms with Crippen molar-refractivity contribution in [2.24, 2.45) is 5.73 Å². The highest BCUT2D eigenvalue weighted by Gasteiger charge is 2.46. The Labute approximate surface area is 52.6 Å². The van der Waals surface area contributed by atoms with Crippen LogP contribution in [-0.4, -0.2) is 29.3 Å².